The zero-order valence-corrected chi connectivity index (χ0v) is 10.9. The van der Waals surface area contributed by atoms with Gasteiger partial charge in [0.25, 0.3) is 0 Å². The molecule has 2 rings (SSSR count). The molecular weight excluding hydrogens is 244 g/mol. The van der Waals surface area contributed by atoms with Crippen molar-refractivity contribution < 1.29 is 4.74 Å². The molecule has 0 amide bonds. The minimum absolute atomic E-state index is 0.570. The molecule has 0 fully saturated rings. The zero-order valence-electron chi connectivity index (χ0n) is 10.9. The lowest BCUT2D eigenvalue weighted by atomic mass is 10.1. The van der Waals surface area contributed by atoms with E-state index < -0.39 is 0 Å². The number of anilines is 2. The summed E-state index contributed by atoms with van der Waals surface area (Å²) in [6.07, 6.45) is 0.848. The van der Waals surface area contributed by atoms with Gasteiger partial charge in [-0.2, -0.15) is 0 Å². The summed E-state index contributed by atoms with van der Waals surface area (Å²) < 4.78 is 7.02. The van der Waals surface area contributed by atoms with Crippen LogP contribution < -0.4 is 11.5 Å². The second kappa shape index (κ2) is 6.14. The molecule has 0 aliphatic heterocycles. The molecule has 1 heterocycles. The van der Waals surface area contributed by atoms with Gasteiger partial charge in [-0.1, -0.05) is 0 Å². The topological polar surface area (TPSA) is 105 Å². The van der Waals surface area contributed by atoms with Gasteiger partial charge in [-0.25, -0.2) is 4.68 Å². The first-order chi connectivity index (χ1) is 9.22. The zero-order chi connectivity index (χ0) is 13.7. The maximum atomic E-state index is 5.94. The van der Waals surface area contributed by atoms with Crippen LogP contribution in [0.2, 0.25) is 0 Å². The Hall–Kier alpha value is -2.15. The van der Waals surface area contributed by atoms with Gasteiger partial charge in [0, 0.05) is 36.7 Å². The van der Waals surface area contributed by atoms with Crippen LogP contribution in [-0.2, 0) is 11.3 Å². The Balaban J connectivity index is 2.14. The summed E-state index contributed by atoms with van der Waals surface area (Å²) in [6, 6.07) is 5.31. The minimum Gasteiger partial charge on any atom is -0.399 e. The van der Waals surface area contributed by atoms with E-state index in [4.69, 9.17) is 16.2 Å². The molecule has 0 spiro atoms. The fraction of sp³-hybridized carbons (Fsp3) is 0.417. The van der Waals surface area contributed by atoms with Crippen LogP contribution in [0.3, 0.4) is 0 Å². The van der Waals surface area contributed by atoms with Crippen molar-refractivity contribution in [1.29, 1.82) is 0 Å². The van der Waals surface area contributed by atoms with E-state index in [1.807, 2.05) is 13.0 Å². The van der Waals surface area contributed by atoms with Crippen molar-refractivity contribution >= 4 is 11.4 Å². The maximum Gasteiger partial charge on any atom is 0.184 e. The molecule has 7 heteroatoms. The van der Waals surface area contributed by atoms with Gasteiger partial charge in [0.05, 0.1) is 0 Å². The average molecular weight is 262 g/mol. The van der Waals surface area contributed by atoms with E-state index in [-0.39, 0.29) is 0 Å². The van der Waals surface area contributed by atoms with Gasteiger partial charge in [-0.15, -0.1) is 5.10 Å². The molecule has 0 bridgehead atoms. The average Bonchev–Trinajstić information content (AvgIpc) is 2.83. The monoisotopic (exact) mass is 262 g/mol. The Labute approximate surface area is 111 Å². The standard InChI is InChI=1S/C12H18N6O/c1-2-19-7-3-6-18-12(15-16-17-18)10-5-4-9(13)8-11(10)14/h4-5,8H,2-3,6-7,13-14H2,1H3. The van der Waals surface area contributed by atoms with Gasteiger partial charge in [0.1, 0.15) is 0 Å². The second-order valence-corrected chi connectivity index (χ2v) is 4.12. The highest BCUT2D eigenvalue weighted by atomic mass is 16.5. The molecule has 0 unspecified atom stereocenters. The summed E-state index contributed by atoms with van der Waals surface area (Å²) in [4.78, 5) is 0. The summed E-state index contributed by atoms with van der Waals surface area (Å²) in [5, 5.41) is 11.7. The Morgan fingerprint density at radius 3 is 2.89 bits per heavy atom. The van der Waals surface area contributed by atoms with E-state index in [2.05, 4.69) is 15.5 Å². The Kier molecular flexibility index (Phi) is 4.30. The lowest BCUT2D eigenvalue weighted by molar-refractivity contribution is 0.141. The van der Waals surface area contributed by atoms with Gasteiger partial charge in [-0.05, 0) is 42.0 Å². The lowest BCUT2D eigenvalue weighted by Crippen LogP contribution is -2.07. The predicted molar refractivity (Wildman–Crippen MR) is 73.2 cm³/mol. The first-order valence-corrected chi connectivity index (χ1v) is 6.21. The van der Waals surface area contributed by atoms with Crippen LogP contribution in [0.15, 0.2) is 18.2 Å². The molecule has 0 saturated heterocycles. The van der Waals surface area contributed by atoms with E-state index >= 15 is 0 Å². The lowest BCUT2D eigenvalue weighted by Gasteiger charge is -2.07. The molecule has 7 nitrogen and oxygen atoms in total. The third kappa shape index (κ3) is 3.19. The normalized spacial score (nSPS) is 10.8. The molecule has 0 aliphatic rings. The van der Waals surface area contributed by atoms with Crippen LogP contribution in [-0.4, -0.2) is 33.4 Å². The number of aromatic nitrogens is 4. The SMILES string of the molecule is CCOCCCn1nnnc1-c1ccc(N)cc1N. The van der Waals surface area contributed by atoms with Crippen LogP contribution in [0.25, 0.3) is 11.4 Å². The van der Waals surface area contributed by atoms with Crippen molar-refractivity contribution in [3.63, 3.8) is 0 Å². The van der Waals surface area contributed by atoms with E-state index in [1.54, 1.807) is 16.8 Å². The maximum absolute atomic E-state index is 5.94. The summed E-state index contributed by atoms with van der Waals surface area (Å²) in [5.74, 6) is 0.647. The van der Waals surface area contributed by atoms with Crippen molar-refractivity contribution in [3.8, 4) is 11.4 Å². The third-order valence-corrected chi connectivity index (χ3v) is 2.71. The van der Waals surface area contributed by atoms with Gasteiger partial charge < -0.3 is 16.2 Å². The number of hydrogen-bond donors (Lipinski definition) is 2. The highest BCUT2D eigenvalue weighted by Crippen LogP contribution is 2.25. The molecule has 0 aliphatic carbocycles. The van der Waals surface area contributed by atoms with Crippen LogP contribution in [0, 0.1) is 0 Å². The molecule has 102 valence electrons. The van der Waals surface area contributed by atoms with E-state index in [0.29, 0.717) is 37.0 Å². The van der Waals surface area contributed by atoms with Crippen molar-refractivity contribution in [2.75, 3.05) is 24.7 Å². The first kappa shape index (κ1) is 13.3. The van der Waals surface area contributed by atoms with Crippen LogP contribution in [0.1, 0.15) is 13.3 Å². The van der Waals surface area contributed by atoms with Gasteiger partial charge in [0.15, 0.2) is 5.82 Å². The molecule has 19 heavy (non-hydrogen) atoms. The number of ether oxygens (including phenoxy) is 1. The van der Waals surface area contributed by atoms with Gasteiger partial charge >= 0.3 is 0 Å². The van der Waals surface area contributed by atoms with Crippen molar-refractivity contribution in [3.05, 3.63) is 18.2 Å². The molecule has 0 atom stereocenters. The number of rotatable bonds is 6. The van der Waals surface area contributed by atoms with Crippen molar-refractivity contribution in [1.82, 2.24) is 20.2 Å². The van der Waals surface area contributed by atoms with E-state index in [9.17, 15) is 0 Å². The number of tetrazole rings is 1. The number of benzene rings is 1. The molecule has 0 saturated carbocycles. The van der Waals surface area contributed by atoms with Crippen molar-refractivity contribution in [2.24, 2.45) is 0 Å². The number of nitrogens with two attached hydrogens (primary N) is 2. The highest BCUT2D eigenvalue weighted by molar-refractivity contribution is 5.74. The fourth-order valence-corrected chi connectivity index (χ4v) is 1.79. The van der Waals surface area contributed by atoms with Crippen LogP contribution in [0.5, 0.6) is 0 Å². The molecule has 1 aromatic carbocycles. The number of aryl methyl sites for hydroxylation is 1. The highest BCUT2D eigenvalue weighted by Gasteiger charge is 2.11. The summed E-state index contributed by atoms with van der Waals surface area (Å²) in [7, 11) is 0. The molecule has 1 aromatic heterocycles. The number of nitrogen functional groups attached to an aromatic ring is 2. The summed E-state index contributed by atoms with van der Waals surface area (Å²) >= 11 is 0. The Bertz CT molecular complexity index is 539. The summed E-state index contributed by atoms with van der Waals surface area (Å²) in [5.41, 5.74) is 13.6. The van der Waals surface area contributed by atoms with Crippen LogP contribution >= 0.6 is 0 Å². The van der Waals surface area contributed by atoms with Gasteiger partial charge in [0.2, 0.25) is 0 Å². The minimum atomic E-state index is 0.570. The Morgan fingerprint density at radius 2 is 2.16 bits per heavy atom. The van der Waals surface area contributed by atoms with E-state index in [1.165, 1.54) is 0 Å². The quantitative estimate of drug-likeness (QED) is 0.592. The van der Waals surface area contributed by atoms with E-state index in [0.717, 1.165) is 12.0 Å². The van der Waals surface area contributed by atoms with Gasteiger partial charge in [-0.3, -0.25) is 0 Å². The second-order valence-electron chi connectivity index (χ2n) is 4.12. The Morgan fingerprint density at radius 1 is 1.32 bits per heavy atom. The number of hydrogen-bond acceptors (Lipinski definition) is 6. The first-order valence-electron chi connectivity index (χ1n) is 6.21. The predicted octanol–water partition coefficient (Wildman–Crippen LogP) is 0.931. The third-order valence-electron chi connectivity index (χ3n) is 2.71. The fourth-order valence-electron chi connectivity index (χ4n) is 1.79. The molecule has 4 N–H and O–H groups in total. The molecule has 2 aromatic rings. The molecule has 0 radical (unpaired) electrons. The smallest absolute Gasteiger partial charge is 0.184 e. The van der Waals surface area contributed by atoms with Crippen molar-refractivity contribution in [2.45, 2.75) is 19.9 Å². The molecular formula is C12H18N6O. The summed E-state index contributed by atoms with van der Waals surface area (Å²) in [6.45, 7) is 4.06. The largest absolute Gasteiger partial charge is 0.399 e. The van der Waals surface area contributed by atoms with Crippen LogP contribution in [0.4, 0.5) is 11.4 Å². The number of nitrogens with zero attached hydrogens (tertiary/aromatic N) is 4.